The molecule has 0 spiro atoms. The Hall–Kier alpha value is -2.55. The van der Waals surface area contributed by atoms with Crippen LogP contribution >= 0.6 is 0 Å². The van der Waals surface area contributed by atoms with Gasteiger partial charge < -0.3 is 15.2 Å². The van der Waals surface area contributed by atoms with Gasteiger partial charge in [0.2, 0.25) is 0 Å². The molecule has 1 aromatic rings. The van der Waals surface area contributed by atoms with E-state index in [4.69, 9.17) is 10.00 Å². The minimum Gasteiger partial charge on any atom is -0.507 e. The third-order valence-corrected chi connectivity index (χ3v) is 3.24. The average molecular weight is 290 g/mol. The van der Waals surface area contributed by atoms with Crippen LogP contribution in [0.4, 0.5) is 0 Å². The fourth-order valence-corrected chi connectivity index (χ4v) is 1.48. The largest absolute Gasteiger partial charge is 0.507 e. The maximum Gasteiger partial charge on any atom is 0.342 e. The SMILES string of the molecule is CC(C)[C@@](C)(C#N)NC(=O)COC(=O)c1ccccc1O. The van der Waals surface area contributed by atoms with Crippen molar-refractivity contribution in [3.63, 3.8) is 0 Å². The van der Waals surface area contributed by atoms with Crippen LogP contribution in [0.5, 0.6) is 5.75 Å². The lowest BCUT2D eigenvalue weighted by Crippen LogP contribution is -2.50. The number of amides is 1. The fraction of sp³-hybridized carbons (Fsp3) is 0.400. The van der Waals surface area contributed by atoms with E-state index in [1.807, 2.05) is 6.07 Å². The van der Waals surface area contributed by atoms with Crippen LogP contribution in [-0.4, -0.2) is 29.1 Å². The summed E-state index contributed by atoms with van der Waals surface area (Å²) in [5.41, 5.74) is -1.05. The molecule has 1 rings (SSSR count). The van der Waals surface area contributed by atoms with E-state index in [0.717, 1.165) is 0 Å². The van der Waals surface area contributed by atoms with Gasteiger partial charge in [-0.05, 0) is 25.0 Å². The van der Waals surface area contributed by atoms with Crippen LogP contribution in [0.1, 0.15) is 31.1 Å². The summed E-state index contributed by atoms with van der Waals surface area (Å²) in [5.74, 6) is -1.68. The normalized spacial score (nSPS) is 13.1. The lowest BCUT2D eigenvalue weighted by atomic mass is 9.90. The molecule has 0 aliphatic rings. The summed E-state index contributed by atoms with van der Waals surface area (Å²) in [6.07, 6.45) is 0. The molecule has 2 N–H and O–H groups in total. The van der Waals surface area contributed by atoms with E-state index in [1.54, 1.807) is 32.9 Å². The summed E-state index contributed by atoms with van der Waals surface area (Å²) < 4.78 is 4.82. The van der Waals surface area contributed by atoms with Gasteiger partial charge in [0, 0.05) is 0 Å². The summed E-state index contributed by atoms with van der Waals surface area (Å²) in [6.45, 7) is 4.69. The number of nitrogens with zero attached hydrogens (tertiary/aromatic N) is 1. The quantitative estimate of drug-likeness (QED) is 0.802. The van der Waals surface area contributed by atoms with Gasteiger partial charge in [0.05, 0.1) is 6.07 Å². The molecule has 0 aliphatic heterocycles. The number of esters is 1. The predicted molar refractivity (Wildman–Crippen MR) is 75.4 cm³/mol. The van der Waals surface area contributed by atoms with Crippen molar-refractivity contribution < 1.29 is 19.4 Å². The Balaban J connectivity index is 2.60. The Kier molecular flexibility index (Phi) is 5.30. The second-order valence-electron chi connectivity index (χ2n) is 5.11. The molecule has 1 atom stereocenters. The number of nitrogens with one attached hydrogen (secondary N) is 1. The Bertz CT molecular complexity index is 577. The first-order valence-corrected chi connectivity index (χ1v) is 6.47. The smallest absolute Gasteiger partial charge is 0.342 e. The van der Waals surface area contributed by atoms with Crippen molar-refractivity contribution in [1.29, 1.82) is 5.26 Å². The van der Waals surface area contributed by atoms with Crippen molar-refractivity contribution in [2.24, 2.45) is 5.92 Å². The van der Waals surface area contributed by atoms with E-state index in [1.165, 1.54) is 12.1 Å². The van der Waals surface area contributed by atoms with E-state index in [0.29, 0.717) is 0 Å². The summed E-state index contributed by atoms with van der Waals surface area (Å²) >= 11 is 0. The lowest BCUT2D eigenvalue weighted by molar-refractivity contribution is -0.125. The van der Waals surface area contributed by atoms with Gasteiger partial charge in [-0.3, -0.25) is 4.79 Å². The van der Waals surface area contributed by atoms with E-state index >= 15 is 0 Å². The Morgan fingerprint density at radius 2 is 2.05 bits per heavy atom. The van der Waals surface area contributed by atoms with Crippen molar-refractivity contribution >= 4 is 11.9 Å². The number of ether oxygens (including phenoxy) is 1. The second-order valence-corrected chi connectivity index (χ2v) is 5.11. The highest BCUT2D eigenvalue weighted by Gasteiger charge is 2.30. The van der Waals surface area contributed by atoms with Gasteiger partial charge in [-0.15, -0.1) is 0 Å². The second kappa shape index (κ2) is 6.75. The maximum absolute atomic E-state index is 11.7. The molecule has 112 valence electrons. The van der Waals surface area contributed by atoms with Crippen LogP contribution < -0.4 is 5.32 Å². The predicted octanol–water partition coefficient (Wildman–Crippen LogP) is 1.60. The number of aromatic hydroxyl groups is 1. The highest BCUT2D eigenvalue weighted by atomic mass is 16.5. The van der Waals surface area contributed by atoms with E-state index in [9.17, 15) is 14.7 Å². The molecule has 0 fully saturated rings. The molecule has 1 amide bonds. The van der Waals surface area contributed by atoms with Crippen molar-refractivity contribution in [3.05, 3.63) is 29.8 Å². The topological polar surface area (TPSA) is 99.4 Å². The van der Waals surface area contributed by atoms with Gasteiger partial charge in [0.25, 0.3) is 5.91 Å². The van der Waals surface area contributed by atoms with Gasteiger partial charge in [-0.2, -0.15) is 5.26 Å². The summed E-state index contributed by atoms with van der Waals surface area (Å²) in [5, 5.41) is 21.1. The Morgan fingerprint density at radius 3 is 2.57 bits per heavy atom. The zero-order valence-corrected chi connectivity index (χ0v) is 12.2. The fourth-order valence-electron chi connectivity index (χ4n) is 1.48. The molecule has 0 unspecified atom stereocenters. The number of rotatable bonds is 5. The molecule has 0 saturated heterocycles. The first-order chi connectivity index (χ1) is 9.80. The number of carbonyl (C=O) groups is 2. The number of phenols is 1. The number of nitriles is 1. The van der Waals surface area contributed by atoms with Gasteiger partial charge >= 0.3 is 5.97 Å². The molecule has 1 aromatic carbocycles. The van der Waals surface area contributed by atoms with Crippen molar-refractivity contribution in [2.45, 2.75) is 26.3 Å². The van der Waals surface area contributed by atoms with Crippen LogP contribution in [0.2, 0.25) is 0 Å². The number of carbonyl (C=O) groups excluding carboxylic acids is 2. The highest BCUT2D eigenvalue weighted by molar-refractivity contribution is 5.93. The highest BCUT2D eigenvalue weighted by Crippen LogP contribution is 2.17. The molecule has 6 nitrogen and oxygen atoms in total. The first kappa shape index (κ1) is 16.5. The minimum absolute atomic E-state index is 0.0165. The van der Waals surface area contributed by atoms with Crippen LogP contribution in [-0.2, 0) is 9.53 Å². The molecule has 0 heterocycles. The summed E-state index contributed by atoms with van der Waals surface area (Å²) in [7, 11) is 0. The van der Waals surface area contributed by atoms with Crippen molar-refractivity contribution in [2.75, 3.05) is 6.61 Å². The average Bonchev–Trinajstić information content (AvgIpc) is 2.44. The van der Waals surface area contributed by atoms with Crippen LogP contribution in [0.3, 0.4) is 0 Å². The van der Waals surface area contributed by atoms with Crippen LogP contribution in [0.25, 0.3) is 0 Å². The van der Waals surface area contributed by atoms with Crippen molar-refractivity contribution in [3.8, 4) is 11.8 Å². The Labute approximate surface area is 123 Å². The third kappa shape index (κ3) is 4.21. The van der Waals surface area contributed by atoms with Crippen LogP contribution in [0, 0.1) is 17.2 Å². The molecule has 21 heavy (non-hydrogen) atoms. The summed E-state index contributed by atoms with van der Waals surface area (Å²) in [4.78, 5) is 23.5. The first-order valence-electron chi connectivity index (χ1n) is 6.47. The standard InChI is InChI=1S/C15H18N2O4/c1-10(2)15(3,9-16)17-13(19)8-21-14(20)11-6-4-5-7-12(11)18/h4-7,10,18H,8H2,1-3H3,(H,17,19)/t15-/m1/s1. The van der Waals surface area contributed by atoms with Gasteiger partial charge in [-0.25, -0.2) is 4.79 Å². The van der Waals surface area contributed by atoms with Gasteiger partial charge in [-0.1, -0.05) is 26.0 Å². The number of phenolic OH excluding ortho intramolecular Hbond substituents is 1. The molecule has 0 saturated carbocycles. The maximum atomic E-state index is 11.7. The zero-order chi connectivity index (χ0) is 16.0. The zero-order valence-electron chi connectivity index (χ0n) is 12.2. The van der Waals surface area contributed by atoms with E-state index < -0.39 is 24.0 Å². The Morgan fingerprint density at radius 1 is 1.43 bits per heavy atom. The van der Waals surface area contributed by atoms with E-state index in [2.05, 4.69) is 5.32 Å². The number of benzene rings is 1. The van der Waals surface area contributed by atoms with Crippen LogP contribution in [0.15, 0.2) is 24.3 Å². The molecule has 0 aromatic heterocycles. The molecule has 6 heteroatoms. The van der Waals surface area contributed by atoms with Gasteiger partial charge in [0.15, 0.2) is 6.61 Å². The minimum atomic E-state index is -1.03. The summed E-state index contributed by atoms with van der Waals surface area (Å²) in [6, 6.07) is 7.91. The molecule has 0 bridgehead atoms. The molecular formula is C15H18N2O4. The number of para-hydroxylation sites is 1. The number of hydrogen-bond acceptors (Lipinski definition) is 5. The van der Waals surface area contributed by atoms with E-state index in [-0.39, 0.29) is 17.2 Å². The van der Waals surface area contributed by atoms with Crippen molar-refractivity contribution in [1.82, 2.24) is 5.32 Å². The number of hydrogen-bond donors (Lipinski definition) is 2. The molecule has 0 aliphatic carbocycles. The molecule has 0 radical (unpaired) electrons. The monoisotopic (exact) mass is 290 g/mol. The third-order valence-electron chi connectivity index (χ3n) is 3.24. The lowest BCUT2D eigenvalue weighted by Gasteiger charge is -2.27. The molecular weight excluding hydrogens is 272 g/mol. The van der Waals surface area contributed by atoms with Gasteiger partial charge in [0.1, 0.15) is 16.9 Å².